The van der Waals surface area contributed by atoms with Crippen LogP contribution in [0.1, 0.15) is 27.9 Å². The Morgan fingerprint density at radius 2 is 2.00 bits per heavy atom. The Balaban J connectivity index is 2.12. The van der Waals surface area contributed by atoms with Gasteiger partial charge in [0.2, 0.25) is 0 Å². The van der Waals surface area contributed by atoms with Gasteiger partial charge >= 0.3 is 5.97 Å². The lowest BCUT2D eigenvalue weighted by Gasteiger charge is -2.12. The quantitative estimate of drug-likeness (QED) is 0.718. The standard InChI is InChI=1S/C13H15NO4/c15-7-11(13(17)18)14-12(16)10-5-4-8-2-1-3-9(8)6-10/h4-6,11,15H,1-3,7H2,(H,14,16)(H,17,18)/t11-/m0/s1. The molecule has 1 amide bonds. The van der Waals surface area contributed by atoms with Gasteiger partial charge in [0.15, 0.2) is 6.04 Å². The van der Waals surface area contributed by atoms with Gasteiger partial charge in [-0.1, -0.05) is 6.07 Å². The van der Waals surface area contributed by atoms with Gasteiger partial charge in [0.1, 0.15) is 0 Å². The molecule has 0 heterocycles. The minimum atomic E-state index is -1.26. The van der Waals surface area contributed by atoms with Crippen molar-refractivity contribution in [2.24, 2.45) is 0 Å². The normalized spacial score (nSPS) is 14.9. The van der Waals surface area contributed by atoms with Crippen LogP contribution in [0.15, 0.2) is 18.2 Å². The number of carbonyl (C=O) groups is 2. The van der Waals surface area contributed by atoms with E-state index in [9.17, 15) is 9.59 Å². The molecule has 0 aliphatic heterocycles. The van der Waals surface area contributed by atoms with Crippen molar-refractivity contribution in [2.45, 2.75) is 25.3 Å². The zero-order chi connectivity index (χ0) is 13.1. The fourth-order valence-corrected chi connectivity index (χ4v) is 2.14. The Morgan fingerprint density at radius 1 is 1.28 bits per heavy atom. The summed E-state index contributed by atoms with van der Waals surface area (Å²) in [5.41, 5.74) is 2.84. The fourth-order valence-electron chi connectivity index (χ4n) is 2.14. The van der Waals surface area contributed by atoms with E-state index in [-0.39, 0.29) is 0 Å². The third kappa shape index (κ3) is 2.51. The van der Waals surface area contributed by atoms with Crippen LogP contribution in [0.3, 0.4) is 0 Å². The summed E-state index contributed by atoms with van der Waals surface area (Å²) in [5, 5.41) is 19.9. The molecule has 96 valence electrons. The molecule has 1 aromatic rings. The third-order valence-electron chi connectivity index (χ3n) is 3.15. The summed E-state index contributed by atoms with van der Waals surface area (Å²) >= 11 is 0. The second kappa shape index (κ2) is 5.18. The van der Waals surface area contributed by atoms with Crippen LogP contribution < -0.4 is 5.32 Å². The molecule has 0 spiro atoms. The monoisotopic (exact) mass is 249 g/mol. The van der Waals surface area contributed by atoms with Crippen molar-refractivity contribution in [3.05, 3.63) is 34.9 Å². The highest BCUT2D eigenvalue weighted by Crippen LogP contribution is 2.22. The first-order valence-corrected chi connectivity index (χ1v) is 5.88. The Labute approximate surface area is 104 Å². The first-order valence-electron chi connectivity index (χ1n) is 5.88. The average molecular weight is 249 g/mol. The number of aliphatic hydroxyl groups excluding tert-OH is 1. The number of benzene rings is 1. The van der Waals surface area contributed by atoms with Crippen LogP contribution in [0.4, 0.5) is 0 Å². The van der Waals surface area contributed by atoms with Gasteiger partial charge in [-0.25, -0.2) is 4.79 Å². The molecule has 0 aromatic heterocycles. The van der Waals surface area contributed by atoms with E-state index in [0.29, 0.717) is 5.56 Å². The number of hydrogen-bond acceptors (Lipinski definition) is 3. The summed E-state index contributed by atoms with van der Waals surface area (Å²) in [6.07, 6.45) is 3.08. The number of aliphatic carboxylic acids is 1. The van der Waals surface area contributed by atoms with Crippen molar-refractivity contribution in [2.75, 3.05) is 6.61 Å². The molecule has 0 fully saturated rings. The molecule has 5 nitrogen and oxygen atoms in total. The van der Waals surface area contributed by atoms with Gasteiger partial charge in [0.05, 0.1) is 6.61 Å². The zero-order valence-electron chi connectivity index (χ0n) is 9.85. The minimum Gasteiger partial charge on any atom is -0.480 e. The van der Waals surface area contributed by atoms with Crippen LogP contribution in [-0.4, -0.2) is 34.7 Å². The van der Waals surface area contributed by atoms with Gasteiger partial charge < -0.3 is 15.5 Å². The molecule has 1 atom stereocenters. The first kappa shape index (κ1) is 12.6. The van der Waals surface area contributed by atoms with Gasteiger partial charge in [-0.2, -0.15) is 0 Å². The molecule has 0 unspecified atom stereocenters. The van der Waals surface area contributed by atoms with E-state index < -0.39 is 24.5 Å². The molecule has 5 heteroatoms. The van der Waals surface area contributed by atoms with E-state index in [1.165, 1.54) is 5.56 Å². The molecule has 0 saturated carbocycles. The third-order valence-corrected chi connectivity index (χ3v) is 3.15. The van der Waals surface area contributed by atoms with Gasteiger partial charge in [0.25, 0.3) is 5.91 Å². The average Bonchev–Trinajstić information content (AvgIpc) is 2.82. The van der Waals surface area contributed by atoms with Crippen LogP contribution in [0.25, 0.3) is 0 Å². The number of aryl methyl sites for hydroxylation is 2. The summed E-state index contributed by atoms with van der Waals surface area (Å²) in [5.74, 6) is -1.71. The molecule has 0 bridgehead atoms. The number of nitrogens with one attached hydrogen (secondary N) is 1. The van der Waals surface area contributed by atoms with E-state index in [1.54, 1.807) is 12.1 Å². The maximum atomic E-state index is 11.8. The van der Waals surface area contributed by atoms with E-state index in [1.807, 2.05) is 6.07 Å². The number of fused-ring (bicyclic) bond motifs is 1. The topological polar surface area (TPSA) is 86.6 Å². The van der Waals surface area contributed by atoms with E-state index in [2.05, 4.69) is 5.32 Å². The second-order valence-electron chi connectivity index (χ2n) is 4.38. The molecule has 3 N–H and O–H groups in total. The highest BCUT2D eigenvalue weighted by molar-refractivity contribution is 5.96. The number of hydrogen-bond donors (Lipinski definition) is 3. The lowest BCUT2D eigenvalue weighted by atomic mass is 10.1. The Morgan fingerprint density at radius 3 is 2.67 bits per heavy atom. The molecular weight excluding hydrogens is 234 g/mol. The fraction of sp³-hybridized carbons (Fsp3) is 0.385. The number of carbonyl (C=O) groups excluding carboxylic acids is 1. The number of amides is 1. The SMILES string of the molecule is O=C(N[C@@H](CO)C(=O)O)c1ccc2c(c1)CCC2. The molecule has 1 aliphatic rings. The summed E-state index contributed by atoms with van der Waals surface area (Å²) < 4.78 is 0. The van der Waals surface area contributed by atoms with Crippen LogP contribution in [0, 0.1) is 0 Å². The van der Waals surface area contributed by atoms with Crippen molar-refractivity contribution in [3.63, 3.8) is 0 Å². The minimum absolute atomic E-state index is 0.440. The summed E-state index contributed by atoms with van der Waals surface area (Å²) in [7, 11) is 0. The highest BCUT2D eigenvalue weighted by atomic mass is 16.4. The molecule has 1 aromatic carbocycles. The first-order chi connectivity index (χ1) is 8.61. The van der Waals surface area contributed by atoms with E-state index in [0.717, 1.165) is 24.8 Å². The van der Waals surface area contributed by atoms with Crippen LogP contribution in [0.2, 0.25) is 0 Å². The Hall–Kier alpha value is -1.88. The maximum Gasteiger partial charge on any atom is 0.328 e. The van der Waals surface area contributed by atoms with Crippen LogP contribution in [-0.2, 0) is 17.6 Å². The van der Waals surface area contributed by atoms with Crippen LogP contribution in [0.5, 0.6) is 0 Å². The largest absolute Gasteiger partial charge is 0.480 e. The molecule has 0 saturated heterocycles. The lowest BCUT2D eigenvalue weighted by Crippen LogP contribution is -2.43. The van der Waals surface area contributed by atoms with Gasteiger partial charge in [-0.05, 0) is 42.5 Å². The van der Waals surface area contributed by atoms with Crippen LogP contribution >= 0.6 is 0 Å². The highest BCUT2D eigenvalue weighted by Gasteiger charge is 2.20. The molecule has 1 aliphatic carbocycles. The van der Waals surface area contributed by atoms with Crippen molar-refractivity contribution in [1.82, 2.24) is 5.32 Å². The summed E-state index contributed by atoms with van der Waals surface area (Å²) in [6.45, 7) is -0.619. The molecular formula is C13H15NO4. The van der Waals surface area contributed by atoms with Gasteiger partial charge in [-0.15, -0.1) is 0 Å². The molecule has 0 radical (unpaired) electrons. The number of aliphatic hydroxyl groups is 1. The van der Waals surface area contributed by atoms with E-state index >= 15 is 0 Å². The Kier molecular flexibility index (Phi) is 3.62. The number of carboxylic acid groups (broad SMARTS) is 1. The Bertz CT molecular complexity index is 484. The predicted molar refractivity (Wildman–Crippen MR) is 64.4 cm³/mol. The van der Waals surface area contributed by atoms with Crippen molar-refractivity contribution < 1.29 is 19.8 Å². The molecule has 2 rings (SSSR count). The van der Waals surface area contributed by atoms with Gasteiger partial charge in [-0.3, -0.25) is 4.79 Å². The van der Waals surface area contributed by atoms with Crippen molar-refractivity contribution >= 4 is 11.9 Å². The zero-order valence-corrected chi connectivity index (χ0v) is 9.85. The second-order valence-corrected chi connectivity index (χ2v) is 4.38. The van der Waals surface area contributed by atoms with Crippen molar-refractivity contribution in [3.8, 4) is 0 Å². The smallest absolute Gasteiger partial charge is 0.328 e. The van der Waals surface area contributed by atoms with E-state index in [4.69, 9.17) is 10.2 Å². The lowest BCUT2D eigenvalue weighted by molar-refractivity contribution is -0.140. The summed E-state index contributed by atoms with van der Waals surface area (Å²) in [4.78, 5) is 22.5. The predicted octanol–water partition coefficient (Wildman–Crippen LogP) is 0.351. The molecule has 18 heavy (non-hydrogen) atoms. The maximum absolute atomic E-state index is 11.8. The number of carboxylic acids is 1. The number of rotatable bonds is 4. The van der Waals surface area contributed by atoms with Crippen molar-refractivity contribution in [1.29, 1.82) is 0 Å². The van der Waals surface area contributed by atoms with Gasteiger partial charge in [0, 0.05) is 5.56 Å². The summed E-state index contributed by atoms with van der Waals surface area (Å²) in [6, 6.07) is 4.14.